The summed E-state index contributed by atoms with van der Waals surface area (Å²) in [6.45, 7) is 4.93. The van der Waals surface area contributed by atoms with Gasteiger partial charge in [0, 0.05) is 11.8 Å². The summed E-state index contributed by atoms with van der Waals surface area (Å²) < 4.78 is 16.5. The Hall–Kier alpha value is -4.26. The Labute approximate surface area is 197 Å². The van der Waals surface area contributed by atoms with Crippen LogP contribution in [-0.2, 0) is 9.59 Å². The summed E-state index contributed by atoms with van der Waals surface area (Å²) in [6, 6.07) is 17.9. The molecule has 1 N–H and O–H groups in total. The first-order valence-corrected chi connectivity index (χ1v) is 11.0. The van der Waals surface area contributed by atoms with E-state index in [1.54, 1.807) is 49.6 Å². The Morgan fingerprint density at radius 1 is 0.824 bits per heavy atom. The molecule has 2 heterocycles. The van der Waals surface area contributed by atoms with Crippen molar-refractivity contribution in [3.63, 3.8) is 0 Å². The van der Waals surface area contributed by atoms with Gasteiger partial charge in [-0.05, 0) is 66.9 Å². The quantitative estimate of drug-likeness (QED) is 0.571. The smallest absolute Gasteiger partial charge is 0.282 e. The molecule has 0 aromatic heterocycles. The first kappa shape index (κ1) is 21.6. The number of hydrogen-bond acceptors (Lipinski definition) is 6. The van der Waals surface area contributed by atoms with Crippen molar-refractivity contribution in [2.75, 3.05) is 30.5 Å². The lowest BCUT2D eigenvalue weighted by molar-refractivity contribution is -0.120. The summed E-state index contributed by atoms with van der Waals surface area (Å²) in [5.41, 5.74) is 4.44. The maximum Gasteiger partial charge on any atom is 0.282 e. The summed E-state index contributed by atoms with van der Waals surface area (Å²) in [5.74, 6) is 1.05. The third kappa shape index (κ3) is 3.75. The van der Waals surface area contributed by atoms with Gasteiger partial charge in [0.2, 0.25) is 0 Å². The number of anilines is 2. The molecule has 172 valence electrons. The van der Waals surface area contributed by atoms with Gasteiger partial charge in [-0.3, -0.25) is 9.59 Å². The van der Waals surface area contributed by atoms with Crippen molar-refractivity contribution in [2.45, 2.75) is 13.8 Å². The van der Waals surface area contributed by atoms with Gasteiger partial charge in [-0.2, -0.15) is 0 Å². The van der Waals surface area contributed by atoms with Crippen LogP contribution in [0.25, 0.3) is 5.57 Å². The molecule has 0 spiro atoms. The normalized spacial score (nSPS) is 15.1. The van der Waals surface area contributed by atoms with Crippen molar-refractivity contribution in [1.29, 1.82) is 0 Å². The molecule has 2 aliphatic heterocycles. The van der Waals surface area contributed by atoms with Crippen LogP contribution in [0, 0.1) is 13.8 Å². The van der Waals surface area contributed by atoms with Gasteiger partial charge in [0.1, 0.15) is 24.7 Å². The Bertz CT molecular complexity index is 1330. The van der Waals surface area contributed by atoms with Gasteiger partial charge in [0.05, 0.1) is 18.4 Å². The SMILES string of the molecule is COc1ccc(N2C(=O)C(Nc3ccc4c(c3)OCCO4)=C(c3ccc(C)c(C)c3)C2=O)cc1. The van der Waals surface area contributed by atoms with E-state index in [-0.39, 0.29) is 5.70 Å². The number of benzene rings is 3. The Morgan fingerprint density at radius 3 is 2.26 bits per heavy atom. The second-order valence-electron chi connectivity index (χ2n) is 8.18. The first-order chi connectivity index (χ1) is 16.5. The summed E-state index contributed by atoms with van der Waals surface area (Å²) in [6.07, 6.45) is 0. The molecule has 0 fully saturated rings. The molecule has 34 heavy (non-hydrogen) atoms. The molecule has 0 unspecified atom stereocenters. The van der Waals surface area contributed by atoms with Gasteiger partial charge < -0.3 is 19.5 Å². The first-order valence-electron chi connectivity index (χ1n) is 11.0. The summed E-state index contributed by atoms with van der Waals surface area (Å²) in [5, 5.41) is 3.18. The van der Waals surface area contributed by atoms with E-state index in [0.29, 0.717) is 53.0 Å². The molecule has 3 aromatic rings. The highest BCUT2D eigenvalue weighted by Crippen LogP contribution is 2.37. The van der Waals surface area contributed by atoms with Crippen LogP contribution in [0.4, 0.5) is 11.4 Å². The molecule has 3 aromatic carbocycles. The number of nitrogens with one attached hydrogen (secondary N) is 1. The van der Waals surface area contributed by atoms with Gasteiger partial charge in [0.25, 0.3) is 11.8 Å². The van der Waals surface area contributed by atoms with Crippen LogP contribution in [0.2, 0.25) is 0 Å². The number of fused-ring (bicyclic) bond motifs is 1. The minimum Gasteiger partial charge on any atom is -0.497 e. The third-order valence-corrected chi connectivity index (χ3v) is 6.02. The molecule has 0 saturated carbocycles. The molecular weight excluding hydrogens is 432 g/mol. The zero-order chi connectivity index (χ0) is 23.8. The van der Waals surface area contributed by atoms with E-state index in [1.807, 2.05) is 32.0 Å². The molecule has 0 saturated heterocycles. The second kappa shape index (κ2) is 8.59. The van der Waals surface area contributed by atoms with E-state index in [0.717, 1.165) is 11.1 Å². The number of carbonyl (C=O) groups is 2. The van der Waals surface area contributed by atoms with Crippen LogP contribution in [-0.4, -0.2) is 32.1 Å². The monoisotopic (exact) mass is 456 g/mol. The van der Waals surface area contributed by atoms with E-state index >= 15 is 0 Å². The van der Waals surface area contributed by atoms with Crippen LogP contribution in [0.15, 0.2) is 66.4 Å². The van der Waals surface area contributed by atoms with Crippen LogP contribution < -0.4 is 24.4 Å². The van der Waals surface area contributed by atoms with E-state index in [9.17, 15) is 9.59 Å². The van der Waals surface area contributed by atoms with Crippen molar-refractivity contribution < 1.29 is 23.8 Å². The van der Waals surface area contributed by atoms with E-state index in [1.165, 1.54) is 4.90 Å². The van der Waals surface area contributed by atoms with Crippen molar-refractivity contribution >= 4 is 28.8 Å². The minimum absolute atomic E-state index is 0.209. The van der Waals surface area contributed by atoms with E-state index < -0.39 is 11.8 Å². The summed E-state index contributed by atoms with van der Waals surface area (Å²) in [4.78, 5) is 28.4. The fraction of sp³-hybridized carbons (Fsp3) is 0.185. The van der Waals surface area contributed by atoms with E-state index in [2.05, 4.69) is 5.32 Å². The molecular formula is C27H24N2O5. The lowest BCUT2D eigenvalue weighted by atomic mass is 9.99. The third-order valence-electron chi connectivity index (χ3n) is 6.02. The molecule has 0 aliphatic carbocycles. The number of nitrogens with zero attached hydrogens (tertiary/aromatic N) is 1. The zero-order valence-electron chi connectivity index (χ0n) is 19.2. The van der Waals surface area contributed by atoms with E-state index in [4.69, 9.17) is 14.2 Å². The fourth-order valence-corrected chi connectivity index (χ4v) is 4.04. The standard InChI is InChI=1S/C27H24N2O5/c1-16-4-5-18(14-17(16)2)24-25(28-19-6-11-22-23(15-19)34-13-12-33-22)27(31)29(26(24)30)20-7-9-21(32-3)10-8-20/h4-11,14-15,28H,12-13H2,1-3H3. The fourth-order valence-electron chi connectivity index (χ4n) is 4.04. The maximum absolute atomic E-state index is 13.6. The van der Waals surface area contributed by atoms with Crippen molar-refractivity contribution in [3.8, 4) is 17.2 Å². The minimum atomic E-state index is -0.432. The molecule has 5 rings (SSSR count). The topological polar surface area (TPSA) is 77.1 Å². The maximum atomic E-state index is 13.6. The highest BCUT2D eigenvalue weighted by atomic mass is 16.6. The van der Waals surface area contributed by atoms with Crippen molar-refractivity contribution in [3.05, 3.63) is 83.1 Å². The van der Waals surface area contributed by atoms with Gasteiger partial charge in [-0.15, -0.1) is 0 Å². The lowest BCUT2D eigenvalue weighted by Crippen LogP contribution is -2.32. The van der Waals surface area contributed by atoms with Gasteiger partial charge in [-0.1, -0.05) is 18.2 Å². The number of aryl methyl sites for hydroxylation is 2. The van der Waals surface area contributed by atoms with Crippen LogP contribution in [0.1, 0.15) is 16.7 Å². The van der Waals surface area contributed by atoms with Crippen molar-refractivity contribution in [1.82, 2.24) is 0 Å². The summed E-state index contributed by atoms with van der Waals surface area (Å²) in [7, 11) is 1.57. The Kier molecular flexibility index (Phi) is 5.45. The van der Waals surface area contributed by atoms with Crippen LogP contribution in [0.5, 0.6) is 17.2 Å². The molecule has 7 heteroatoms. The highest BCUT2D eigenvalue weighted by molar-refractivity contribution is 6.46. The molecule has 2 amide bonds. The van der Waals surface area contributed by atoms with Crippen LogP contribution >= 0.6 is 0 Å². The summed E-state index contributed by atoms with van der Waals surface area (Å²) >= 11 is 0. The number of imide groups is 1. The predicted octanol–water partition coefficient (Wildman–Crippen LogP) is 4.48. The zero-order valence-corrected chi connectivity index (χ0v) is 19.2. The molecule has 0 bridgehead atoms. The lowest BCUT2D eigenvalue weighted by Gasteiger charge is -2.19. The number of carbonyl (C=O) groups excluding carboxylic acids is 2. The Balaban J connectivity index is 1.58. The predicted molar refractivity (Wildman–Crippen MR) is 129 cm³/mol. The second-order valence-corrected chi connectivity index (χ2v) is 8.18. The number of amides is 2. The number of methoxy groups -OCH3 is 1. The highest BCUT2D eigenvalue weighted by Gasteiger charge is 2.40. The van der Waals surface area contributed by atoms with Gasteiger partial charge in [-0.25, -0.2) is 4.90 Å². The average Bonchev–Trinajstić information content (AvgIpc) is 3.10. The number of ether oxygens (including phenoxy) is 3. The molecule has 0 atom stereocenters. The largest absolute Gasteiger partial charge is 0.497 e. The molecule has 2 aliphatic rings. The van der Waals surface area contributed by atoms with Crippen LogP contribution in [0.3, 0.4) is 0 Å². The Morgan fingerprint density at radius 2 is 1.56 bits per heavy atom. The van der Waals surface area contributed by atoms with Gasteiger partial charge >= 0.3 is 0 Å². The number of rotatable bonds is 5. The molecule has 7 nitrogen and oxygen atoms in total. The van der Waals surface area contributed by atoms with Crippen molar-refractivity contribution in [2.24, 2.45) is 0 Å². The molecule has 0 radical (unpaired) electrons. The average molecular weight is 456 g/mol. The van der Waals surface area contributed by atoms with Gasteiger partial charge in [0.15, 0.2) is 11.5 Å². The number of hydrogen-bond donors (Lipinski definition) is 1.